The molecule has 2 amide bonds. The molecule has 0 radical (unpaired) electrons. The molecular weight excluding hydrogens is 168 g/mol. The van der Waals surface area contributed by atoms with Gasteiger partial charge in [0, 0.05) is 26.2 Å². The SMILES string of the molecule is O=C1NCCN1CCOCC1CC1. The van der Waals surface area contributed by atoms with Crippen LogP contribution >= 0.6 is 0 Å². The summed E-state index contributed by atoms with van der Waals surface area (Å²) in [6.07, 6.45) is 2.65. The number of rotatable bonds is 5. The van der Waals surface area contributed by atoms with Gasteiger partial charge in [0.25, 0.3) is 0 Å². The van der Waals surface area contributed by atoms with Crippen molar-refractivity contribution in [1.82, 2.24) is 10.2 Å². The highest BCUT2D eigenvalue weighted by atomic mass is 16.5. The molecule has 1 saturated carbocycles. The van der Waals surface area contributed by atoms with Gasteiger partial charge in [-0.2, -0.15) is 0 Å². The van der Waals surface area contributed by atoms with Gasteiger partial charge in [-0.25, -0.2) is 4.79 Å². The lowest BCUT2D eigenvalue weighted by molar-refractivity contribution is 0.108. The minimum atomic E-state index is 0.0509. The average molecular weight is 184 g/mol. The Morgan fingerprint density at radius 1 is 1.54 bits per heavy atom. The van der Waals surface area contributed by atoms with Gasteiger partial charge in [0.05, 0.1) is 6.61 Å². The van der Waals surface area contributed by atoms with E-state index in [1.807, 2.05) is 0 Å². The molecule has 0 atom stereocenters. The minimum absolute atomic E-state index is 0.0509. The number of amides is 2. The molecule has 74 valence electrons. The first-order valence-corrected chi connectivity index (χ1v) is 4.97. The molecule has 1 saturated heterocycles. The van der Waals surface area contributed by atoms with Crippen molar-refractivity contribution in [3.05, 3.63) is 0 Å². The van der Waals surface area contributed by atoms with Crippen LogP contribution in [0.25, 0.3) is 0 Å². The monoisotopic (exact) mass is 184 g/mol. The summed E-state index contributed by atoms with van der Waals surface area (Å²) < 4.78 is 5.45. The lowest BCUT2D eigenvalue weighted by atomic mass is 10.5. The maximum Gasteiger partial charge on any atom is 0.317 e. The van der Waals surface area contributed by atoms with E-state index in [2.05, 4.69) is 5.32 Å². The fourth-order valence-electron chi connectivity index (χ4n) is 1.43. The second kappa shape index (κ2) is 3.96. The van der Waals surface area contributed by atoms with Crippen molar-refractivity contribution >= 4 is 6.03 Å². The van der Waals surface area contributed by atoms with E-state index < -0.39 is 0 Å². The summed E-state index contributed by atoms with van der Waals surface area (Å²) >= 11 is 0. The van der Waals surface area contributed by atoms with Gasteiger partial charge in [-0.05, 0) is 18.8 Å². The Morgan fingerprint density at radius 3 is 3.00 bits per heavy atom. The summed E-state index contributed by atoms with van der Waals surface area (Å²) in [5.41, 5.74) is 0. The van der Waals surface area contributed by atoms with Crippen LogP contribution in [-0.4, -0.2) is 43.8 Å². The highest BCUT2D eigenvalue weighted by Gasteiger charge is 2.22. The lowest BCUT2D eigenvalue weighted by Crippen LogP contribution is -2.31. The molecule has 1 heterocycles. The molecule has 4 nitrogen and oxygen atoms in total. The Hall–Kier alpha value is -0.770. The van der Waals surface area contributed by atoms with E-state index in [1.165, 1.54) is 12.8 Å². The number of carbonyl (C=O) groups excluding carboxylic acids is 1. The number of hydrogen-bond donors (Lipinski definition) is 1. The van der Waals surface area contributed by atoms with Crippen molar-refractivity contribution in [2.75, 3.05) is 32.8 Å². The minimum Gasteiger partial charge on any atom is -0.379 e. The zero-order chi connectivity index (χ0) is 9.10. The van der Waals surface area contributed by atoms with Crippen LogP contribution in [0.1, 0.15) is 12.8 Å². The van der Waals surface area contributed by atoms with Crippen LogP contribution in [0.3, 0.4) is 0 Å². The van der Waals surface area contributed by atoms with Crippen LogP contribution in [0.5, 0.6) is 0 Å². The predicted octanol–water partition coefficient (Wildman–Crippen LogP) is 0.438. The molecule has 0 aromatic carbocycles. The number of hydrogen-bond acceptors (Lipinski definition) is 2. The normalized spacial score (nSPS) is 22.2. The first-order valence-electron chi connectivity index (χ1n) is 4.97. The first kappa shape index (κ1) is 8.81. The topological polar surface area (TPSA) is 41.6 Å². The van der Waals surface area contributed by atoms with Crippen molar-refractivity contribution in [1.29, 1.82) is 0 Å². The van der Waals surface area contributed by atoms with Crippen LogP contribution in [0, 0.1) is 5.92 Å². The third-order valence-corrected chi connectivity index (χ3v) is 2.50. The van der Waals surface area contributed by atoms with Crippen molar-refractivity contribution in [3.63, 3.8) is 0 Å². The molecule has 0 aromatic rings. The highest BCUT2D eigenvalue weighted by Crippen LogP contribution is 2.28. The Kier molecular flexibility index (Phi) is 2.68. The molecule has 2 rings (SSSR count). The van der Waals surface area contributed by atoms with Crippen LogP contribution in [-0.2, 0) is 4.74 Å². The Morgan fingerprint density at radius 2 is 2.38 bits per heavy atom. The number of nitrogens with zero attached hydrogens (tertiary/aromatic N) is 1. The van der Waals surface area contributed by atoms with Gasteiger partial charge in [-0.15, -0.1) is 0 Å². The van der Waals surface area contributed by atoms with Gasteiger partial charge in [0.1, 0.15) is 0 Å². The molecule has 0 bridgehead atoms. The van der Waals surface area contributed by atoms with Crippen LogP contribution in [0.4, 0.5) is 4.79 Å². The zero-order valence-corrected chi connectivity index (χ0v) is 7.79. The standard InChI is InChI=1S/C9H16N2O2/c12-9-10-3-4-11(9)5-6-13-7-8-1-2-8/h8H,1-7H2,(H,10,12). The molecule has 0 spiro atoms. The maximum absolute atomic E-state index is 11.1. The summed E-state index contributed by atoms with van der Waals surface area (Å²) in [5, 5.41) is 2.76. The third-order valence-electron chi connectivity index (χ3n) is 2.50. The lowest BCUT2D eigenvalue weighted by Gasteiger charge is -2.13. The van der Waals surface area contributed by atoms with Gasteiger partial charge >= 0.3 is 6.03 Å². The Bertz CT molecular complexity index is 192. The van der Waals surface area contributed by atoms with Gasteiger partial charge in [0.2, 0.25) is 0 Å². The highest BCUT2D eigenvalue weighted by molar-refractivity contribution is 5.76. The Labute approximate surface area is 78.2 Å². The van der Waals surface area contributed by atoms with E-state index in [0.29, 0.717) is 6.61 Å². The fourth-order valence-corrected chi connectivity index (χ4v) is 1.43. The van der Waals surface area contributed by atoms with Gasteiger partial charge in [-0.3, -0.25) is 0 Å². The summed E-state index contributed by atoms with van der Waals surface area (Å²) in [6.45, 7) is 3.91. The van der Waals surface area contributed by atoms with Crippen LogP contribution < -0.4 is 5.32 Å². The molecule has 13 heavy (non-hydrogen) atoms. The molecule has 0 unspecified atom stereocenters. The van der Waals surface area contributed by atoms with Crippen molar-refractivity contribution in [2.45, 2.75) is 12.8 Å². The van der Waals surface area contributed by atoms with E-state index in [1.54, 1.807) is 4.90 Å². The third kappa shape index (κ3) is 2.59. The van der Waals surface area contributed by atoms with Crippen LogP contribution in [0.15, 0.2) is 0 Å². The average Bonchev–Trinajstić information content (AvgIpc) is 2.86. The summed E-state index contributed by atoms with van der Waals surface area (Å²) in [5.74, 6) is 0.812. The van der Waals surface area contributed by atoms with E-state index in [9.17, 15) is 4.79 Å². The molecule has 2 aliphatic rings. The quantitative estimate of drug-likeness (QED) is 0.630. The smallest absolute Gasteiger partial charge is 0.317 e. The van der Waals surface area contributed by atoms with E-state index in [0.717, 1.165) is 32.2 Å². The predicted molar refractivity (Wildman–Crippen MR) is 48.5 cm³/mol. The van der Waals surface area contributed by atoms with Crippen molar-refractivity contribution < 1.29 is 9.53 Å². The first-order chi connectivity index (χ1) is 6.36. The molecular formula is C9H16N2O2. The number of nitrogens with one attached hydrogen (secondary N) is 1. The van der Waals surface area contributed by atoms with E-state index >= 15 is 0 Å². The zero-order valence-electron chi connectivity index (χ0n) is 7.79. The molecule has 0 aromatic heterocycles. The van der Waals surface area contributed by atoms with Gasteiger partial charge in [0.15, 0.2) is 0 Å². The fraction of sp³-hybridized carbons (Fsp3) is 0.889. The molecule has 2 fully saturated rings. The van der Waals surface area contributed by atoms with Crippen molar-refractivity contribution in [3.8, 4) is 0 Å². The number of ether oxygens (including phenoxy) is 1. The summed E-state index contributed by atoms with van der Waals surface area (Å²) in [7, 11) is 0. The molecule has 4 heteroatoms. The van der Waals surface area contributed by atoms with Crippen LogP contribution in [0.2, 0.25) is 0 Å². The van der Waals surface area contributed by atoms with E-state index in [4.69, 9.17) is 4.74 Å². The second-order valence-electron chi connectivity index (χ2n) is 3.74. The molecule has 1 N–H and O–H groups in total. The van der Waals surface area contributed by atoms with E-state index in [-0.39, 0.29) is 6.03 Å². The Balaban J connectivity index is 1.53. The number of urea groups is 1. The summed E-state index contributed by atoms with van der Waals surface area (Å²) in [4.78, 5) is 12.9. The molecule has 1 aliphatic heterocycles. The summed E-state index contributed by atoms with van der Waals surface area (Å²) in [6, 6.07) is 0.0509. The largest absolute Gasteiger partial charge is 0.379 e. The maximum atomic E-state index is 11.1. The van der Waals surface area contributed by atoms with Crippen molar-refractivity contribution in [2.24, 2.45) is 5.92 Å². The second-order valence-corrected chi connectivity index (χ2v) is 3.74. The van der Waals surface area contributed by atoms with Gasteiger partial charge < -0.3 is 15.0 Å². The number of carbonyl (C=O) groups is 1. The molecule has 1 aliphatic carbocycles. The van der Waals surface area contributed by atoms with Gasteiger partial charge in [-0.1, -0.05) is 0 Å².